The van der Waals surface area contributed by atoms with Crippen molar-refractivity contribution in [3.8, 4) is 11.9 Å². The molecule has 1 aliphatic rings. The molecule has 0 saturated heterocycles. The fraction of sp³-hybridized carbons (Fsp3) is 0.250. The largest absolute Gasteiger partial charge is 0.494 e. The summed E-state index contributed by atoms with van der Waals surface area (Å²) in [6.07, 6.45) is 0.637. The quantitative estimate of drug-likeness (QED) is 0.730. The fourth-order valence-electron chi connectivity index (χ4n) is 2.94. The third-order valence-corrected chi connectivity index (χ3v) is 3.97. The highest BCUT2D eigenvalue weighted by Gasteiger charge is 2.26. The topological polar surface area (TPSA) is 81.3 Å². The van der Waals surface area contributed by atoms with Crippen molar-refractivity contribution in [1.29, 1.82) is 5.26 Å². The summed E-state index contributed by atoms with van der Waals surface area (Å²) in [5.41, 5.74) is 2.28. The number of quaternary nitrogens is 1. The molecule has 1 unspecified atom stereocenters. The molecule has 0 spiro atoms. The van der Waals surface area contributed by atoms with Gasteiger partial charge in [-0.15, -0.1) is 0 Å². The van der Waals surface area contributed by atoms with Gasteiger partial charge in [-0.05, 0) is 5.56 Å². The van der Waals surface area contributed by atoms with E-state index in [1.807, 2.05) is 24.3 Å². The van der Waals surface area contributed by atoms with Crippen molar-refractivity contribution in [2.24, 2.45) is 0 Å². The Bertz CT molecular complexity index is 760. The molecule has 3 N–H and O–H groups in total. The molecule has 0 bridgehead atoms. The summed E-state index contributed by atoms with van der Waals surface area (Å²) in [7, 11) is 0. The van der Waals surface area contributed by atoms with Gasteiger partial charge in [-0.25, -0.2) is 0 Å². The number of nitrogens with one attached hydrogen (secondary N) is 2. The first-order valence-corrected chi connectivity index (χ1v) is 6.93. The van der Waals surface area contributed by atoms with E-state index in [1.165, 1.54) is 10.5 Å². The molecule has 106 valence electrons. The van der Waals surface area contributed by atoms with Crippen molar-refractivity contribution in [2.75, 3.05) is 6.54 Å². The summed E-state index contributed by atoms with van der Waals surface area (Å²) in [6, 6.07) is 12.1. The van der Waals surface area contributed by atoms with Crippen molar-refractivity contribution in [3.05, 3.63) is 62.9 Å². The summed E-state index contributed by atoms with van der Waals surface area (Å²) in [5.74, 6) is -0.0979. The number of rotatable bonds is 2. The Kier molecular flexibility index (Phi) is 3.46. The molecule has 1 aromatic carbocycles. The maximum absolute atomic E-state index is 11.7. The minimum absolute atomic E-state index is 0.0979. The second kappa shape index (κ2) is 5.43. The summed E-state index contributed by atoms with van der Waals surface area (Å²) < 4.78 is 0. The second-order valence-corrected chi connectivity index (χ2v) is 5.34. The van der Waals surface area contributed by atoms with Crippen LogP contribution in [0.4, 0.5) is 0 Å². The molecule has 1 atom stereocenters. The number of aromatic hydroxyl groups is 1. The maximum atomic E-state index is 11.7. The van der Waals surface area contributed by atoms with Crippen LogP contribution in [0, 0.1) is 11.3 Å². The summed E-state index contributed by atoms with van der Waals surface area (Å²) in [4.78, 5) is 15.3. The number of fused-ring (bicyclic) bond motifs is 1. The van der Waals surface area contributed by atoms with E-state index in [2.05, 4.69) is 17.1 Å². The van der Waals surface area contributed by atoms with E-state index in [4.69, 9.17) is 5.26 Å². The molecule has 0 saturated carbocycles. The van der Waals surface area contributed by atoms with Crippen molar-refractivity contribution in [1.82, 2.24) is 4.98 Å². The molecule has 2 aromatic rings. The van der Waals surface area contributed by atoms with Gasteiger partial charge in [0.2, 0.25) is 5.88 Å². The Morgan fingerprint density at radius 2 is 2.05 bits per heavy atom. The lowest BCUT2D eigenvalue weighted by Gasteiger charge is -2.26. The zero-order valence-electron chi connectivity index (χ0n) is 11.5. The van der Waals surface area contributed by atoms with Gasteiger partial charge in [0.1, 0.15) is 24.7 Å². The van der Waals surface area contributed by atoms with Crippen LogP contribution in [-0.2, 0) is 19.5 Å². The highest BCUT2D eigenvalue weighted by atomic mass is 16.3. The lowest BCUT2D eigenvalue weighted by atomic mass is 9.96. The molecular formula is C16H16N3O2+. The standard InChI is InChI=1S/C16H15N3O2/c17-8-13-12-6-7-19(9-11-4-2-1-3-5-11)10-14(12)16(21)18-15(13)20/h1-5H,6-7,9-10H2,(H2,18,20,21)/p+1. The third kappa shape index (κ3) is 2.54. The number of H-pyrrole nitrogens is 1. The number of hydrogen-bond acceptors (Lipinski definition) is 3. The van der Waals surface area contributed by atoms with Crippen LogP contribution in [0.3, 0.4) is 0 Å². The molecule has 0 aliphatic carbocycles. The minimum atomic E-state index is -0.500. The molecule has 2 heterocycles. The molecule has 1 aromatic heterocycles. The van der Waals surface area contributed by atoms with Crippen LogP contribution in [0.1, 0.15) is 22.3 Å². The van der Waals surface area contributed by atoms with E-state index < -0.39 is 5.56 Å². The normalized spacial score (nSPS) is 17.0. The molecule has 21 heavy (non-hydrogen) atoms. The van der Waals surface area contributed by atoms with Gasteiger partial charge < -0.3 is 10.0 Å². The lowest BCUT2D eigenvalue weighted by Crippen LogP contribution is -3.10. The summed E-state index contributed by atoms with van der Waals surface area (Å²) in [5, 5.41) is 19.1. The zero-order chi connectivity index (χ0) is 14.8. The van der Waals surface area contributed by atoms with Gasteiger partial charge in [-0.3, -0.25) is 9.78 Å². The van der Waals surface area contributed by atoms with Crippen LogP contribution >= 0.6 is 0 Å². The SMILES string of the molecule is N#Cc1c2c(c(O)[nH]c1=O)C[NH+](Cc1ccccc1)CC2. The Morgan fingerprint density at radius 1 is 1.29 bits per heavy atom. The van der Waals surface area contributed by atoms with E-state index in [0.29, 0.717) is 24.1 Å². The van der Waals surface area contributed by atoms with Gasteiger partial charge in [0.05, 0.1) is 12.1 Å². The summed E-state index contributed by atoms with van der Waals surface area (Å²) >= 11 is 0. The highest BCUT2D eigenvalue weighted by Crippen LogP contribution is 2.21. The van der Waals surface area contributed by atoms with E-state index >= 15 is 0 Å². The molecule has 1 aliphatic heterocycles. The van der Waals surface area contributed by atoms with Gasteiger partial charge in [-0.2, -0.15) is 5.26 Å². The minimum Gasteiger partial charge on any atom is -0.494 e. The first-order valence-electron chi connectivity index (χ1n) is 6.93. The molecular weight excluding hydrogens is 266 g/mol. The molecule has 5 nitrogen and oxygen atoms in total. The third-order valence-electron chi connectivity index (χ3n) is 3.97. The van der Waals surface area contributed by atoms with Gasteiger partial charge in [0.25, 0.3) is 5.56 Å². The number of aromatic nitrogens is 1. The van der Waals surface area contributed by atoms with Crippen molar-refractivity contribution < 1.29 is 10.0 Å². The average Bonchev–Trinajstić information content (AvgIpc) is 2.49. The number of hydrogen-bond donors (Lipinski definition) is 3. The van der Waals surface area contributed by atoms with Crippen molar-refractivity contribution in [3.63, 3.8) is 0 Å². The Hall–Kier alpha value is -2.58. The summed E-state index contributed by atoms with van der Waals surface area (Å²) in [6.45, 7) is 2.32. The maximum Gasteiger partial charge on any atom is 0.268 e. The van der Waals surface area contributed by atoms with Crippen molar-refractivity contribution >= 4 is 0 Å². The first-order chi connectivity index (χ1) is 10.2. The Morgan fingerprint density at radius 3 is 2.76 bits per heavy atom. The predicted molar refractivity (Wildman–Crippen MR) is 76.8 cm³/mol. The molecule has 0 fully saturated rings. The highest BCUT2D eigenvalue weighted by molar-refractivity contribution is 5.45. The number of benzene rings is 1. The number of nitrogens with zero attached hydrogens (tertiary/aromatic N) is 1. The molecule has 5 heteroatoms. The van der Waals surface area contributed by atoms with E-state index in [-0.39, 0.29) is 11.4 Å². The average molecular weight is 282 g/mol. The Balaban J connectivity index is 1.90. The van der Waals surface area contributed by atoms with Gasteiger partial charge in [0.15, 0.2) is 0 Å². The van der Waals surface area contributed by atoms with Crippen molar-refractivity contribution in [2.45, 2.75) is 19.5 Å². The number of aromatic amines is 1. The smallest absolute Gasteiger partial charge is 0.268 e. The van der Waals surface area contributed by atoms with Gasteiger partial charge >= 0.3 is 0 Å². The lowest BCUT2D eigenvalue weighted by molar-refractivity contribution is -0.929. The van der Waals surface area contributed by atoms with Gasteiger partial charge in [0, 0.05) is 12.0 Å². The predicted octanol–water partition coefficient (Wildman–Crippen LogP) is 0.0934. The van der Waals surface area contributed by atoms with Crippen LogP contribution in [0.5, 0.6) is 5.88 Å². The van der Waals surface area contributed by atoms with Gasteiger partial charge in [-0.1, -0.05) is 30.3 Å². The number of nitriles is 1. The molecule has 0 amide bonds. The van der Waals surface area contributed by atoms with Crippen LogP contribution in [0.15, 0.2) is 35.1 Å². The van der Waals surface area contributed by atoms with Crippen LogP contribution < -0.4 is 10.5 Å². The van der Waals surface area contributed by atoms with Crippen LogP contribution in [0.25, 0.3) is 0 Å². The molecule has 3 rings (SSSR count). The van der Waals surface area contributed by atoms with Crippen LogP contribution in [-0.4, -0.2) is 16.6 Å². The second-order valence-electron chi connectivity index (χ2n) is 5.34. The zero-order valence-corrected chi connectivity index (χ0v) is 11.5. The van der Waals surface area contributed by atoms with Crippen LogP contribution in [0.2, 0.25) is 0 Å². The first kappa shape index (κ1) is 13.4. The molecule has 0 radical (unpaired) electrons. The Labute approximate surface area is 122 Å². The monoisotopic (exact) mass is 282 g/mol. The fourth-order valence-corrected chi connectivity index (χ4v) is 2.94. The van der Waals surface area contributed by atoms with E-state index in [9.17, 15) is 9.90 Å². The van der Waals surface area contributed by atoms with E-state index in [0.717, 1.165) is 13.1 Å². The number of pyridine rings is 1. The van der Waals surface area contributed by atoms with E-state index in [1.54, 1.807) is 0 Å².